The fourth-order valence-electron chi connectivity index (χ4n) is 0.969. The summed E-state index contributed by atoms with van der Waals surface area (Å²) >= 11 is 0. The first kappa shape index (κ1) is 10.5. The van der Waals surface area contributed by atoms with Gasteiger partial charge in [-0.3, -0.25) is 0 Å². The Morgan fingerprint density at radius 1 is 1.57 bits per heavy atom. The van der Waals surface area contributed by atoms with Crippen LogP contribution < -0.4 is 4.74 Å². The van der Waals surface area contributed by atoms with Crippen LogP contribution in [-0.2, 0) is 4.74 Å². The minimum absolute atomic E-state index is 0.225. The number of pyridine rings is 1. The monoisotopic (exact) mass is 195 g/mol. The van der Waals surface area contributed by atoms with E-state index in [1.807, 2.05) is 6.92 Å². The molecule has 0 amide bonds. The molecule has 1 rings (SSSR count). The SMILES string of the molecule is CCCOc1cccnc1C(=O)OC. The van der Waals surface area contributed by atoms with Gasteiger partial charge in [0.1, 0.15) is 0 Å². The second-order valence-electron chi connectivity index (χ2n) is 2.69. The molecule has 0 radical (unpaired) electrons. The Hall–Kier alpha value is -1.58. The Labute approximate surface area is 82.9 Å². The van der Waals surface area contributed by atoms with Crippen LogP contribution in [0.3, 0.4) is 0 Å². The van der Waals surface area contributed by atoms with E-state index in [4.69, 9.17) is 4.74 Å². The summed E-state index contributed by atoms with van der Waals surface area (Å²) in [4.78, 5) is 15.1. The summed E-state index contributed by atoms with van der Waals surface area (Å²) in [5.41, 5.74) is 0.225. The van der Waals surface area contributed by atoms with E-state index in [1.165, 1.54) is 13.3 Å². The lowest BCUT2D eigenvalue weighted by molar-refractivity contribution is 0.0589. The van der Waals surface area contributed by atoms with Crippen LogP contribution in [0.1, 0.15) is 23.8 Å². The summed E-state index contributed by atoms with van der Waals surface area (Å²) < 4.78 is 9.92. The predicted molar refractivity (Wildman–Crippen MR) is 51.4 cm³/mol. The number of aromatic nitrogens is 1. The third-order valence-electron chi connectivity index (χ3n) is 1.61. The highest BCUT2D eigenvalue weighted by molar-refractivity contribution is 5.90. The second kappa shape index (κ2) is 5.21. The lowest BCUT2D eigenvalue weighted by Crippen LogP contribution is -2.08. The molecule has 76 valence electrons. The van der Waals surface area contributed by atoms with Gasteiger partial charge in [-0.2, -0.15) is 0 Å². The predicted octanol–water partition coefficient (Wildman–Crippen LogP) is 1.66. The number of hydrogen-bond donors (Lipinski definition) is 0. The topological polar surface area (TPSA) is 48.4 Å². The zero-order valence-corrected chi connectivity index (χ0v) is 8.32. The number of nitrogens with zero attached hydrogens (tertiary/aromatic N) is 1. The lowest BCUT2D eigenvalue weighted by atomic mass is 10.3. The van der Waals surface area contributed by atoms with E-state index < -0.39 is 5.97 Å². The highest BCUT2D eigenvalue weighted by atomic mass is 16.5. The van der Waals surface area contributed by atoms with Gasteiger partial charge in [-0.05, 0) is 18.6 Å². The maximum atomic E-state index is 11.2. The zero-order chi connectivity index (χ0) is 10.4. The molecular weight excluding hydrogens is 182 g/mol. The van der Waals surface area contributed by atoms with Crippen LogP contribution in [0.5, 0.6) is 5.75 Å². The average Bonchev–Trinajstić information content (AvgIpc) is 2.25. The molecule has 0 N–H and O–H groups in total. The third-order valence-corrected chi connectivity index (χ3v) is 1.61. The Morgan fingerprint density at radius 2 is 2.36 bits per heavy atom. The Bertz CT molecular complexity index is 312. The maximum Gasteiger partial charge on any atom is 0.360 e. The molecular formula is C10H13NO3. The molecule has 0 aliphatic rings. The fraction of sp³-hybridized carbons (Fsp3) is 0.400. The molecule has 1 heterocycles. The zero-order valence-electron chi connectivity index (χ0n) is 8.32. The van der Waals surface area contributed by atoms with E-state index in [2.05, 4.69) is 9.72 Å². The molecule has 1 aromatic rings. The second-order valence-corrected chi connectivity index (χ2v) is 2.69. The summed E-state index contributed by atoms with van der Waals surface area (Å²) in [5.74, 6) is -0.00194. The normalized spacial score (nSPS) is 9.57. The molecule has 0 atom stereocenters. The van der Waals surface area contributed by atoms with Crippen molar-refractivity contribution in [1.29, 1.82) is 0 Å². The van der Waals surface area contributed by atoms with Gasteiger partial charge in [0.15, 0.2) is 11.4 Å². The van der Waals surface area contributed by atoms with Crippen molar-refractivity contribution < 1.29 is 14.3 Å². The van der Waals surface area contributed by atoms with Crippen molar-refractivity contribution in [3.63, 3.8) is 0 Å². The van der Waals surface area contributed by atoms with E-state index in [9.17, 15) is 4.79 Å². The summed E-state index contributed by atoms with van der Waals surface area (Å²) in [6, 6.07) is 3.42. The molecule has 1 aromatic heterocycles. The van der Waals surface area contributed by atoms with Crippen LogP contribution in [0.15, 0.2) is 18.3 Å². The minimum atomic E-state index is -0.475. The highest BCUT2D eigenvalue weighted by Gasteiger charge is 2.13. The maximum absolute atomic E-state index is 11.2. The van der Waals surface area contributed by atoms with Crippen LogP contribution in [0.4, 0.5) is 0 Å². The van der Waals surface area contributed by atoms with Crippen molar-refractivity contribution in [3.05, 3.63) is 24.0 Å². The van der Waals surface area contributed by atoms with Gasteiger partial charge in [0.2, 0.25) is 0 Å². The Balaban J connectivity index is 2.85. The summed E-state index contributed by atoms with van der Waals surface area (Å²) in [5, 5.41) is 0. The minimum Gasteiger partial charge on any atom is -0.491 e. The number of hydrogen-bond acceptors (Lipinski definition) is 4. The molecule has 14 heavy (non-hydrogen) atoms. The van der Waals surface area contributed by atoms with Gasteiger partial charge >= 0.3 is 5.97 Å². The standard InChI is InChI=1S/C10H13NO3/c1-3-7-14-8-5-4-6-11-9(8)10(12)13-2/h4-6H,3,7H2,1-2H3. The number of carbonyl (C=O) groups excluding carboxylic acids is 1. The van der Waals surface area contributed by atoms with Gasteiger partial charge in [0.05, 0.1) is 13.7 Å². The van der Waals surface area contributed by atoms with E-state index in [1.54, 1.807) is 12.1 Å². The molecule has 0 saturated heterocycles. The molecule has 0 aliphatic carbocycles. The van der Waals surface area contributed by atoms with Gasteiger partial charge < -0.3 is 9.47 Å². The first-order valence-corrected chi connectivity index (χ1v) is 4.45. The highest BCUT2D eigenvalue weighted by Crippen LogP contribution is 2.16. The van der Waals surface area contributed by atoms with Crippen LogP contribution in [0.25, 0.3) is 0 Å². The van der Waals surface area contributed by atoms with Gasteiger partial charge in [0, 0.05) is 6.20 Å². The number of methoxy groups -OCH3 is 1. The average molecular weight is 195 g/mol. The lowest BCUT2D eigenvalue weighted by Gasteiger charge is -2.07. The van der Waals surface area contributed by atoms with Gasteiger partial charge in [-0.25, -0.2) is 9.78 Å². The van der Waals surface area contributed by atoms with Crippen molar-refractivity contribution in [2.45, 2.75) is 13.3 Å². The van der Waals surface area contributed by atoms with Crippen LogP contribution >= 0.6 is 0 Å². The summed E-state index contributed by atoms with van der Waals surface area (Å²) in [6.45, 7) is 2.56. The molecule has 0 unspecified atom stereocenters. The van der Waals surface area contributed by atoms with Crippen molar-refractivity contribution in [2.75, 3.05) is 13.7 Å². The molecule has 4 nitrogen and oxygen atoms in total. The summed E-state index contributed by atoms with van der Waals surface area (Å²) in [7, 11) is 1.32. The molecule has 0 spiro atoms. The van der Waals surface area contributed by atoms with Crippen molar-refractivity contribution >= 4 is 5.97 Å². The Morgan fingerprint density at radius 3 is 3.00 bits per heavy atom. The van der Waals surface area contributed by atoms with Crippen LogP contribution in [0.2, 0.25) is 0 Å². The number of carbonyl (C=O) groups is 1. The number of ether oxygens (including phenoxy) is 2. The quantitative estimate of drug-likeness (QED) is 0.685. The third kappa shape index (κ3) is 2.45. The first-order valence-electron chi connectivity index (χ1n) is 4.45. The van der Waals surface area contributed by atoms with Crippen molar-refractivity contribution in [3.8, 4) is 5.75 Å². The fourth-order valence-corrected chi connectivity index (χ4v) is 0.969. The molecule has 0 saturated carbocycles. The van der Waals surface area contributed by atoms with Gasteiger partial charge in [0.25, 0.3) is 0 Å². The van der Waals surface area contributed by atoms with E-state index in [0.29, 0.717) is 12.4 Å². The largest absolute Gasteiger partial charge is 0.491 e. The van der Waals surface area contributed by atoms with Crippen molar-refractivity contribution in [2.24, 2.45) is 0 Å². The molecule has 4 heteroatoms. The van der Waals surface area contributed by atoms with Crippen LogP contribution in [-0.4, -0.2) is 24.7 Å². The van der Waals surface area contributed by atoms with E-state index in [-0.39, 0.29) is 5.69 Å². The van der Waals surface area contributed by atoms with Crippen molar-refractivity contribution in [1.82, 2.24) is 4.98 Å². The molecule has 0 bridgehead atoms. The molecule has 0 aromatic carbocycles. The number of esters is 1. The molecule has 0 fully saturated rings. The molecule has 0 aliphatic heterocycles. The van der Waals surface area contributed by atoms with Gasteiger partial charge in [-0.1, -0.05) is 6.92 Å². The van der Waals surface area contributed by atoms with Gasteiger partial charge in [-0.15, -0.1) is 0 Å². The van der Waals surface area contributed by atoms with E-state index >= 15 is 0 Å². The van der Waals surface area contributed by atoms with Crippen LogP contribution in [0, 0.1) is 0 Å². The Kier molecular flexibility index (Phi) is 3.91. The summed E-state index contributed by atoms with van der Waals surface area (Å²) in [6.07, 6.45) is 2.42. The first-order chi connectivity index (χ1) is 6.79. The van der Waals surface area contributed by atoms with E-state index in [0.717, 1.165) is 6.42 Å². The number of rotatable bonds is 4. The smallest absolute Gasteiger partial charge is 0.360 e.